The molecule has 0 spiro atoms. The molecule has 2 amide bonds. The fraction of sp³-hybridized carbons (Fsp3) is 0.643. The summed E-state index contributed by atoms with van der Waals surface area (Å²) in [6.45, 7) is 12.0. The Bertz CT molecular complexity index is 1090. The van der Waals surface area contributed by atoms with Gasteiger partial charge < -0.3 is 20.7 Å². The molecular weight excluding hydrogens is 474 g/mol. The number of alkyl carbamates (subject to hydrolysis) is 1. The van der Waals surface area contributed by atoms with Gasteiger partial charge in [-0.05, 0) is 61.5 Å². The normalized spacial score (nSPS) is 41.5. The van der Waals surface area contributed by atoms with Crippen LogP contribution in [0.15, 0.2) is 31.0 Å². The lowest BCUT2D eigenvalue weighted by molar-refractivity contribution is -0.130. The highest BCUT2D eigenvalue weighted by Crippen LogP contribution is 2.63. The van der Waals surface area contributed by atoms with E-state index in [0.717, 1.165) is 6.42 Å². The van der Waals surface area contributed by atoms with Gasteiger partial charge in [0.1, 0.15) is 18.0 Å². The zero-order chi connectivity index (χ0) is 27.3. The molecule has 3 saturated carbocycles. The first-order chi connectivity index (χ1) is 17.3. The number of nitrogens with two attached hydrogens (primary N) is 1. The van der Waals surface area contributed by atoms with Crippen molar-refractivity contribution in [1.82, 2.24) is 10.3 Å². The molecule has 0 aromatic carbocycles. The Hall–Kier alpha value is -2.78. The second-order valence-electron chi connectivity index (χ2n) is 12.0. The van der Waals surface area contributed by atoms with Gasteiger partial charge in [-0.2, -0.15) is 0 Å². The Morgan fingerprint density at radius 3 is 2.54 bits per heavy atom. The molecule has 3 aliphatic rings. The van der Waals surface area contributed by atoms with Gasteiger partial charge >= 0.3 is 6.09 Å². The number of hydrogen-bond donors (Lipinski definition) is 4. The molecule has 1 aromatic rings. The molecule has 0 radical (unpaired) electrons. The molecule has 9 nitrogen and oxygen atoms in total. The number of amides is 2. The van der Waals surface area contributed by atoms with Crippen molar-refractivity contribution in [2.45, 2.75) is 78.1 Å². The zero-order valence-electron chi connectivity index (χ0n) is 22.1. The van der Waals surface area contributed by atoms with Crippen LogP contribution in [0.2, 0.25) is 0 Å². The molecule has 4 rings (SSSR count). The lowest BCUT2D eigenvalue weighted by atomic mass is 9.60. The summed E-state index contributed by atoms with van der Waals surface area (Å²) >= 11 is 0. The summed E-state index contributed by atoms with van der Waals surface area (Å²) in [5.74, 6) is -1.30. The number of aliphatic hydroxyl groups excluding tert-OH is 2. The van der Waals surface area contributed by atoms with Crippen molar-refractivity contribution in [3.63, 3.8) is 0 Å². The molecule has 2 unspecified atom stereocenters. The van der Waals surface area contributed by atoms with Gasteiger partial charge in [-0.15, -0.1) is 6.58 Å². The maximum Gasteiger partial charge on any atom is 0.414 e. The molecule has 202 valence electrons. The number of carbonyl (C=O) groups excluding carboxylic acids is 3. The highest BCUT2D eigenvalue weighted by Gasteiger charge is 2.64. The van der Waals surface area contributed by atoms with Crippen LogP contribution in [-0.4, -0.2) is 51.3 Å². The van der Waals surface area contributed by atoms with Gasteiger partial charge in [0.05, 0.1) is 11.7 Å². The van der Waals surface area contributed by atoms with Crippen LogP contribution in [0.5, 0.6) is 0 Å². The van der Waals surface area contributed by atoms with Crippen LogP contribution in [0.3, 0.4) is 0 Å². The summed E-state index contributed by atoms with van der Waals surface area (Å²) in [6.07, 6.45) is 1.83. The van der Waals surface area contributed by atoms with E-state index in [1.807, 2.05) is 20.8 Å². The third-order valence-electron chi connectivity index (χ3n) is 10.1. The minimum Gasteiger partial charge on any atom is -0.445 e. The standard InChI is InChI=1S/C28H39N3O6/c1-6-26(4)13-20(37-25(36)31-24(35)17-7-8-21(29)30-14-17)27(5)11-18-22(33)19(32)12-28(18,10-9-15(27)2)16(3)23(26)34/h6-8,14-16,18-20,23,32,34H,1,9-13H2,2-5H3,(H2,29,30)(H,31,35,36)/t15?,16-,18?,19-,20+,23-,26+,27-,28-/m0/s1. The number of pyridine rings is 1. The van der Waals surface area contributed by atoms with E-state index in [4.69, 9.17) is 10.5 Å². The third kappa shape index (κ3) is 4.46. The third-order valence-corrected chi connectivity index (χ3v) is 10.1. The Kier molecular flexibility index (Phi) is 7.01. The number of carbonyl (C=O) groups is 3. The number of aliphatic hydroxyl groups is 2. The predicted octanol–water partition coefficient (Wildman–Crippen LogP) is 3.25. The van der Waals surface area contributed by atoms with Crippen molar-refractivity contribution in [3.05, 3.63) is 36.5 Å². The minimum absolute atomic E-state index is 0.0752. The van der Waals surface area contributed by atoms with E-state index < -0.39 is 52.5 Å². The van der Waals surface area contributed by atoms with E-state index in [1.54, 1.807) is 6.08 Å². The van der Waals surface area contributed by atoms with E-state index in [-0.39, 0.29) is 35.4 Å². The Balaban J connectivity index is 1.71. The number of rotatable bonds is 3. The van der Waals surface area contributed by atoms with Crippen molar-refractivity contribution < 1.29 is 29.3 Å². The molecule has 9 atom stereocenters. The molecule has 9 heteroatoms. The number of nitrogens with zero attached hydrogens (tertiary/aromatic N) is 1. The van der Waals surface area contributed by atoms with Crippen molar-refractivity contribution in [2.75, 3.05) is 5.73 Å². The molecule has 37 heavy (non-hydrogen) atoms. The van der Waals surface area contributed by atoms with Crippen LogP contribution in [0, 0.1) is 34.0 Å². The van der Waals surface area contributed by atoms with Crippen molar-refractivity contribution >= 4 is 23.6 Å². The Morgan fingerprint density at radius 2 is 1.92 bits per heavy atom. The van der Waals surface area contributed by atoms with E-state index >= 15 is 0 Å². The van der Waals surface area contributed by atoms with Crippen LogP contribution in [0.25, 0.3) is 0 Å². The average molecular weight is 514 g/mol. The molecule has 1 aromatic heterocycles. The minimum atomic E-state index is -1.07. The van der Waals surface area contributed by atoms with Crippen LogP contribution < -0.4 is 11.1 Å². The lowest BCUT2D eigenvalue weighted by Gasteiger charge is -2.47. The number of fused-ring (bicyclic) bond motifs is 1. The fourth-order valence-electron chi connectivity index (χ4n) is 7.22. The van der Waals surface area contributed by atoms with Gasteiger partial charge in [-0.3, -0.25) is 14.9 Å². The quantitative estimate of drug-likeness (QED) is 0.450. The van der Waals surface area contributed by atoms with Crippen molar-refractivity contribution in [2.24, 2.45) is 34.0 Å². The topological polar surface area (TPSA) is 152 Å². The van der Waals surface area contributed by atoms with Gasteiger partial charge in [0, 0.05) is 22.9 Å². The summed E-state index contributed by atoms with van der Waals surface area (Å²) in [6, 6.07) is 2.92. The van der Waals surface area contributed by atoms with Crippen LogP contribution in [0.1, 0.15) is 70.2 Å². The lowest BCUT2D eigenvalue weighted by Crippen LogP contribution is -2.49. The first-order valence-electron chi connectivity index (χ1n) is 13.0. The molecule has 5 N–H and O–H groups in total. The number of nitrogens with one attached hydrogen (secondary N) is 1. The second kappa shape index (κ2) is 9.51. The molecule has 0 saturated heterocycles. The summed E-state index contributed by atoms with van der Waals surface area (Å²) in [4.78, 5) is 42.9. The van der Waals surface area contributed by atoms with Crippen LogP contribution in [0.4, 0.5) is 10.6 Å². The number of imide groups is 1. The average Bonchev–Trinajstić information content (AvgIpc) is 3.03. The molecule has 3 fully saturated rings. The van der Waals surface area contributed by atoms with Gasteiger partial charge in [0.2, 0.25) is 0 Å². The van der Waals surface area contributed by atoms with Gasteiger partial charge in [-0.1, -0.05) is 33.8 Å². The number of ketones is 1. The fourth-order valence-corrected chi connectivity index (χ4v) is 7.22. The number of aromatic nitrogens is 1. The number of Topliss-reactive ketones (excluding diaryl/α,β-unsaturated/α-hetero) is 1. The molecular formula is C28H39N3O6. The van der Waals surface area contributed by atoms with Gasteiger partial charge in [0.25, 0.3) is 5.91 Å². The maximum absolute atomic E-state index is 13.3. The van der Waals surface area contributed by atoms with Crippen LogP contribution in [-0.2, 0) is 9.53 Å². The highest BCUT2D eigenvalue weighted by molar-refractivity contribution is 6.02. The highest BCUT2D eigenvalue weighted by atomic mass is 16.6. The van der Waals surface area contributed by atoms with Gasteiger partial charge in [-0.25, -0.2) is 9.78 Å². The number of ether oxygens (including phenoxy) is 1. The summed E-state index contributed by atoms with van der Waals surface area (Å²) < 4.78 is 6.00. The van der Waals surface area contributed by atoms with Crippen LogP contribution >= 0.6 is 0 Å². The first kappa shape index (κ1) is 27.3. The number of anilines is 1. The Labute approximate surface area is 217 Å². The zero-order valence-corrected chi connectivity index (χ0v) is 22.1. The largest absolute Gasteiger partial charge is 0.445 e. The molecule has 1 heterocycles. The predicted molar refractivity (Wildman–Crippen MR) is 137 cm³/mol. The SMILES string of the molecule is C=C[C@]1(C)C[C@@H](OC(=O)NC(=O)c2ccc(N)nc2)[C@@]2(C)CC3C(=O)[C@@H](O)C[C@@]3(CCC2C)[C@@H](C)[C@@H]1O. The van der Waals surface area contributed by atoms with Crippen molar-refractivity contribution in [3.8, 4) is 0 Å². The Morgan fingerprint density at radius 1 is 1.22 bits per heavy atom. The molecule has 0 aliphatic heterocycles. The van der Waals surface area contributed by atoms with Crippen molar-refractivity contribution in [1.29, 1.82) is 0 Å². The van der Waals surface area contributed by atoms with E-state index in [0.29, 0.717) is 19.3 Å². The first-order valence-corrected chi connectivity index (χ1v) is 13.0. The maximum atomic E-state index is 13.3. The van der Waals surface area contributed by atoms with E-state index in [1.165, 1.54) is 18.3 Å². The van der Waals surface area contributed by atoms with E-state index in [2.05, 4.69) is 23.8 Å². The summed E-state index contributed by atoms with van der Waals surface area (Å²) in [5, 5.41) is 24.6. The summed E-state index contributed by atoms with van der Waals surface area (Å²) in [7, 11) is 0. The van der Waals surface area contributed by atoms with E-state index in [9.17, 15) is 24.6 Å². The number of hydrogen-bond acceptors (Lipinski definition) is 8. The smallest absolute Gasteiger partial charge is 0.414 e. The summed E-state index contributed by atoms with van der Waals surface area (Å²) in [5.41, 5.74) is 3.69. The number of nitrogen functional groups attached to an aromatic ring is 1. The van der Waals surface area contributed by atoms with Gasteiger partial charge in [0.15, 0.2) is 5.78 Å². The molecule has 3 aliphatic carbocycles. The second-order valence-corrected chi connectivity index (χ2v) is 12.0. The molecule has 2 bridgehead atoms. The monoisotopic (exact) mass is 513 g/mol.